The molecule has 0 atom stereocenters. The third-order valence-corrected chi connectivity index (χ3v) is 3.58. The van der Waals surface area contributed by atoms with Crippen LogP contribution in [0.4, 0.5) is 0 Å². The van der Waals surface area contributed by atoms with E-state index in [0.717, 1.165) is 10.0 Å². The van der Waals surface area contributed by atoms with E-state index in [0.29, 0.717) is 11.3 Å². The van der Waals surface area contributed by atoms with Crippen LogP contribution >= 0.6 is 15.9 Å². The van der Waals surface area contributed by atoms with Gasteiger partial charge in [-0.15, -0.1) is 0 Å². The summed E-state index contributed by atoms with van der Waals surface area (Å²) in [5.41, 5.74) is 1.85. The summed E-state index contributed by atoms with van der Waals surface area (Å²) in [5.74, 6) is 0.503. The third-order valence-electron chi connectivity index (χ3n) is 3.09. The van der Waals surface area contributed by atoms with Gasteiger partial charge in [0.05, 0.1) is 7.11 Å². The number of rotatable bonds is 3. The molecule has 0 aromatic heterocycles. The Morgan fingerprint density at radius 2 is 2.00 bits per heavy atom. The summed E-state index contributed by atoms with van der Waals surface area (Å²) in [7, 11) is 1.58. The number of methoxy groups -OCH3 is 1. The number of cyclic esters (lactones) is 1. The number of aliphatic imine (C=N–C) groups is 1. The summed E-state index contributed by atoms with van der Waals surface area (Å²) in [4.78, 5) is 16.2. The summed E-state index contributed by atoms with van der Waals surface area (Å²) >= 11 is 3.40. The lowest BCUT2D eigenvalue weighted by Gasteiger charge is -2.02. The van der Waals surface area contributed by atoms with E-state index in [4.69, 9.17) is 9.47 Å². The monoisotopic (exact) mass is 357 g/mol. The highest BCUT2D eigenvalue weighted by Crippen LogP contribution is 2.22. The largest absolute Gasteiger partial charge is 0.497 e. The van der Waals surface area contributed by atoms with E-state index in [2.05, 4.69) is 20.9 Å². The van der Waals surface area contributed by atoms with Crippen molar-refractivity contribution in [2.45, 2.75) is 0 Å². The molecule has 1 aliphatic rings. The molecular weight excluding hydrogens is 346 g/mol. The van der Waals surface area contributed by atoms with Crippen molar-refractivity contribution in [3.05, 3.63) is 69.8 Å². The number of hydrogen-bond acceptors (Lipinski definition) is 4. The van der Waals surface area contributed by atoms with Gasteiger partial charge in [0.15, 0.2) is 5.70 Å². The lowest BCUT2D eigenvalue weighted by Crippen LogP contribution is -2.05. The predicted molar refractivity (Wildman–Crippen MR) is 87.7 cm³/mol. The van der Waals surface area contributed by atoms with Crippen LogP contribution in [0.1, 0.15) is 11.1 Å². The number of carbonyl (C=O) groups excluding carboxylic acids is 1. The highest BCUT2D eigenvalue weighted by atomic mass is 79.9. The number of nitrogens with zero attached hydrogens (tertiary/aromatic N) is 1. The normalized spacial score (nSPS) is 15.6. The standard InChI is InChI=1S/C17H12BrNO3/c1-21-14-7-3-5-12(10-14)16-19-15(17(20)22-16)9-11-4-2-6-13(18)8-11/h2-10H,1H3. The van der Waals surface area contributed by atoms with Crippen molar-refractivity contribution in [2.24, 2.45) is 4.99 Å². The molecule has 0 fully saturated rings. The van der Waals surface area contributed by atoms with E-state index in [1.54, 1.807) is 19.3 Å². The van der Waals surface area contributed by atoms with Crippen LogP contribution in [0.5, 0.6) is 5.75 Å². The minimum absolute atomic E-state index is 0.274. The maximum atomic E-state index is 12.0. The first-order valence-electron chi connectivity index (χ1n) is 6.58. The first kappa shape index (κ1) is 14.5. The van der Waals surface area contributed by atoms with E-state index in [1.165, 1.54) is 0 Å². The van der Waals surface area contributed by atoms with Gasteiger partial charge in [-0.2, -0.15) is 0 Å². The summed E-state index contributed by atoms with van der Waals surface area (Å²) in [6.07, 6.45) is 1.69. The molecule has 0 bridgehead atoms. The highest BCUT2D eigenvalue weighted by Gasteiger charge is 2.24. The molecular formula is C17H12BrNO3. The summed E-state index contributed by atoms with van der Waals surface area (Å²) < 4.78 is 11.3. The molecule has 0 amide bonds. The number of ether oxygens (including phenoxy) is 2. The van der Waals surface area contributed by atoms with Gasteiger partial charge >= 0.3 is 5.97 Å². The fourth-order valence-electron chi connectivity index (χ4n) is 2.04. The maximum absolute atomic E-state index is 12.0. The Kier molecular flexibility index (Phi) is 4.06. The van der Waals surface area contributed by atoms with Crippen LogP contribution in [0.3, 0.4) is 0 Å². The second-order valence-corrected chi connectivity index (χ2v) is 5.54. The van der Waals surface area contributed by atoms with Crippen LogP contribution in [0, 0.1) is 0 Å². The fourth-order valence-corrected chi connectivity index (χ4v) is 2.46. The first-order chi connectivity index (χ1) is 10.7. The van der Waals surface area contributed by atoms with Gasteiger partial charge in [-0.3, -0.25) is 0 Å². The van der Waals surface area contributed by atoms with Gasteiger partial charge in [-0.05, 0) is 42.0 Å². The van der Waals surface area contributed by atoms with Gasteiger partial charge < -0.3 is 9.47 Å². The van der Waals surface area contributed by atoms with Crippen molar-refractivity contribution >= 4 is 33.9 Å². The molecule has 0 aliphatic carbocycles. The minimum atomic E-state index is -0.460. The van der Waals surface area contributed by atoms with Crippen LogP contribution in [0.2, 0.25) is 0 Å². The van der Waals surface area contributed by atoms with Crippen molar-refractivity contribution in [2.75, 3.05) is 7.11 Å². The smallest absolute Gasteiger partial charge is 0.363 e. The Bertz CT molecular complexity index is 796. The number of benzene rings is 2. The molecule has 0 saturated carbocycles. The molecule has 2 aromatic rings. The fraction of sp³-hybridized carbons (Fsp3) is 0.0588. The van der Waals surface area contributed by atoms with Crippen molar-refractivity contribution in [3.8, 4) is 5.75 Å². The first-order valence-corrected chi connectivity index (χ1v) is 7.37. The molecule has 0 N–H and O–H groups in total. The van der Waals surface area contributed by atoms with Gasteiger partial charge in [0.2, 0.25) is 5.90 Å². The van der Waals surface area contributed by atoms with E-state index in [-0.39, 0.29) is 11.6 Å². The summed E-state index contributed by atoms with van der Waals surface area (Å²) in [5, 5.41) is 0. The molecule has 0 unspecified atom stereocenters. The Morgan fingerprint density at radius 1 is 1.18 bits per heavy atom. The maximum Gasteiger partial charge on any atom is 0.363 e. The Hall–Kier alpha value is -2.40. The molecule has 3 rings (SSSR count). The van der Waals surface area contributed by atoms with Crippen LogP contribution in [-0.2, 0) is 9.53 Å². The lowest BCUT2D eigenvalue weighted by molar-refractivity contribution is -0.129. The molecule has 5 heteroatoms. The second-order valence-electron chi connectivity index (χ2n) is 4.62. The molecule has 22 heavy (non-hydrogen) atoms. The van der Waals surface area contributed by atoms with Crippen LogP contribution in [-0.4, -0.2) is 19.0 Å². The van der Waals surface area contributed by atoms with E-state index in [9.17, 15) is 4.79 Å². The third kappa shape index (κ3) is 3.09. The molecule has 0 spiro atoms. The Balaban J connectivity index is 1.94. The van der Waals surface area contributed by atoms with Crippen molar-refractivity contribution in [3.63, 3.8) is 0 Å². The van der Waals surface area contributed by atoms with Gasteiger partial charge in [0, 0.05) is 10.0 Å². The van der Waals surface area contributed by atoms with Gasteiger partial charge in [-0.25, -0.2) is 9.79 Å². The molecule has 0 radical (unpaired) electrons. The zero-order chi connectivity index (χ0) is 15.5. The average Bonchev–Trinajstić information content (AvgIpc) is 2.88. The Labute approximate surface area is 136 Å². The molecule has 2 aromatic carbocycles. The Morgan fingerprint density at radius 3 is 2.77 bits per heavy atom. The summed E-state index contributed by atoms with van der Waals surface area (Å²) in [6.45, 7) is 0. The van der Waals surface area contributed by atoms with Gasteiger partial charge in [0.1, 0.15) is 5.75 Å². The van der Waals surface area contributed by atoms with Crippen molar-refractivity contribution in [1.82, 2.24) is 0 Å². The molecule has 110 valence electrons. The van der Waals surface area contributed by atoms with E-state index in [1.807, 2.05) is 42.5 Å². The molecule has 1 heterocycles. The van der Waals surface area contributed by atoms with Gasteiger partial charge in [0.25, 0.3) is 0 Å². The second kappa shape index (κ2) is 6.15. The SMILES string of the molecule is COc1cccc(C2=NC(=Cc3cccc(Br)c3)C(=O)O2)c1. The van der Waals surface area contributed by atoms with E-state index < -0.39 is 5.97 Å². The average molecular weight is 358 g/mol. The summed E-state index contributed by atoms with van der Waals surface area (Å²) in [6, 6.07) is 14.8. The van der Waals surface area contributed by atoms with Crippen molar-refractivity contribution < 1.29 is 14.3 Å². The van der Waals surface area contributed by atoms with Crippen LogP contribution in [0.15, 0.2) is 63.7 Å². The number of carbonyl (C=O) groups is 1. The highest BCUT2D eigenvalue weighted by molar-refractivity contribution is 9.10. The quantitative estimate of drug-likeness (QED) is 0.619. The lowest BCUT2D eigenvalue weighted by atomic mass is 10.2. The molecule has 1 aliphatic heterocycles. The topological polar surface area (TPSA) is 47.9 Å². The number of halogens is 1. The zero-order valence-corrected chi connectivity index (χ0v) is 13.3. The number of esters is 1. The van der Waals surface area contributed by atoms with Crippen LogP contribution < -0.4 is 4.74 Å². The van der Waals surface area contributed by atoms with Gasteiger partial charge in [-0.1, -0.05) is 34.1 Å². The van der Waals surface area contributed by atoms with Crippen LogP contribution in [0.25, 0.3) is 6.08 Å². The number of hydrogen-bond donors (Lipinski definition) is 0. The zero-order valence-electron chi connectivity index (χ0n) is 11.7. The molecule has 4 nitrogen and oxygen atoms in total. The molecule has 0 saturated heterocycles. The predicted octanol–water partition coefficient (Wildman–Crippen LogP) is 3.80. The van der Waals surface area contributed by atoms with E-state index >= 15 is 0 Å². The minimum Gasteiger partial charge on any atom is -0.497 e. The van der Waals surface area contributed by atoms with Crippen molar-refractivity contribution in [1.29, 1.82) is 0 Å².